The Morgan fingerprint density at radius 3 is 2.00 bits per heavy atom. The first-order valence-corrected chi connectivity index (χ1v) is 7.89. The molecule has 0 aliphatic heterocycles. The van der Waals surface area contributed by atoms with Crippen molar-refractivity contribution >= 4 is 5.78 Å². The maximum atomic E-state index is 11.6. The van der Waals surface area contributed by atoms with Crippen LogP contribution in [0.4, 0.5) is 0 Å². The van der Waals surface area contributed by atoms with Gasteiger partial charge >= 0.3 is 0 Å². The van der Waals surface area contributed by atoms with Gasteiger partial charge in [0.05, 0.1) is 0 Å². The number of rotatable bonds is 10. The second-order valence-electron chi connectivity index (χ2n) is 6.86. The van der Waals surface area contributed by atoms with Gasteiger partial charge in [-0.25, -0.2) is 0 Å². The third-order valence-corrected chi connectivity index (χ3v) is 4.13. The minimum Gasteiger partial charge on any atom is -0.300 e. The summed E-state index contributed by atoms with van der Waals surface area (Å²) in [6, 6.07) is 0. The summed E-state index contributed by atoms with van der Waals surface area (Å²) in [5.41, 5.74) is 0.407. The maximum absolute atomic E-state index is 11.6. The smallest absolute Gasteiger partial charge is 0.132 e. The Hall–Kier alpha value is -0.330. The Morgan fingerprint density at radius 2 is 1.50 bits per heavy atom. The van der Waals surface area contributed by atoms with Crippen LogP contribution in [0.3, 0.4) is 0 Å². The molecular weight excluding hydrogens is 220 g/mol. The van der Waals surface area contributed by atoms with E-state index in [-0.39, 0.29) is 0 Å². The van der Waals surface area contributed by atoms with Gasteiger partial charge in [0.1, 0.15) is 5.78 Å². The lowest BCUT2D eigenvalue weighted by Gasteiger charge is -2.27. The molecule has 1 unspecified atom stereocenters. The lowest BCUT2D eigenvalue weighted by molar-refractivity contribution is -0.119. The van der Waals surface area contributed by atoms with Gasteiger partial charge in [-0.05, 0) is 24.2 Å². The Kier molecular flexibility index (Phi) is 9.40. The van der Waals surface area contributed by atoms with Gasteiger partial charge in [-0.2, -0.15) is 0 Å². The Morgan fingerprint density at radius 1 is 0.944 bits per heavy atom. The van der Waals surface area contributed by atoms with Gasteiger partial charge in [0.25, 0.3) is 0 Å². The molecule has 108 valence electrons. The minimum atomic E-state index is 0.407. The van der Waals surface area contributed by atoms with Crippen molar-refractivity contribution in [3.63, 3.8) is 0 Å². The molecule has 0 saturated heterocycles. The summed E-state index contributed by atoms with van der Waals surface area (Å²) in [4.78, 5) is 11.6. The van der Waals surface area contributed by atoms with Crippen molar-refractivity contribution in [3.8, 4) is 0 Å². The highest BCUT2D eigenvalue weighted by Crippen LogP contribution is 2.29. The number of ketones is 1. The van der Waals surface area contributed by atoms with Crippen LogP contribution in [0.15, 0.2) is 0 Å². The molecule has 0 radical (unpaired) electrons. The lowest BCUT2D eigenvalue weighted by atomic mass is 9.79. The molecule has 0 aromatic heterocycles. The highest BCUT2D eigenvalue weighted by atomic mass is 16.1. The first kappa shape index (κ1) is 17.7. The second-order valence-corrected chi connectivity index (χ2v) is 6.86. The molecule has 18 heavy (non-hydrogen) atoms. The minimum absolute atomic E-state index is 0.407. The molecule has 0 aliphatic rings. The quantitative estimate of drug-likeness (QED) is 0.452. The SMILES string of the molecule is CCCCCCC(=O)CCCCC(C)C(C)(C)C. The standard InChI is InChI=1S/C17H34O/c1-6-7-8-9-13-16(18)14-11-10-12-15(2)17(3,4)5/h15H,6-14H2,1-5H3. The van der Waals surface area contributed by atoms with Gasteiger partial charge in [-0.15, -0.1) is 0 Å². The molecule has 0 aromatic carbocycles. The number of Topliss-reactive ketones (excluding diaryl/α,β-unsaturated/α-hetero) is 1. The molecule has 0 amide bonds. The molecular formula is C17H34O. The first-order chi connectivity index (χ1) is 8.38. The van der Waals surface area contributed by atoms with E-state index < -0.39 is 0 Å². The van der Waals surface area contributed by atoms with Crippen LogP contribution in [-0.4, -0.2) is 5.78 Å². The zero-order valence-electron chi connectivity index (χ0n) is 13.3. The predicted octanol–water partition coefficient (Wildman–Crippen LogP) is 5.77. The summed E-state index contributed by atoms with van der Waals surface area (Å²) >= 11 is 0. The van der Waals surface area contributed by atoms with Crippen molar-refractivity contribution in [2.45, 2.75) is 92.4 Å². The normalized spacial score (nSPS) is 13.6. The van der Waals surface area contributed by atoms with Gasteiger partial charge in [-0.1, -0.05) is 66.7 Å². The van der Waals surface area contributed by atoms with Gasteiger partial charge in [-0.3, -0.25) is 4.79 Å². The summed E-state index contributed by atoms with van der Waals surface area (Å²) in [5, 5.41) is 0. The van der Waals surface area contributed by atoms with Gasteiger partial charge in [0.15, 0.2) is 0 Å². The molecule has 0 aliphatic carbocycles. The molecule has 0 fully saturated rings. The topological polar surface area (TPSA) is 17.1 Å². The van der Waals surface area contributed by atoms with Crippen LogP contribution in [0.5, 0.6) is 0 Å². The van der Waals surface area contributed by atoms with Gasteiger partial charge < -0.3 is 0 Å². The number of unbranched alkanes of at least 4 members (excludes halogenated alkanes) is 4. The highest BCUT2D eigenvalue weighted by Gasteiger charge is 2.19. The van der Waals surface area contributed by atoms with Crippen LogP contribution < -0.4 is 0 Å². The van der Waals surface area contributed by atoms with E-state index in [0.29, 0.717) is 11.2 Å². The van der Waals surface area contributed by atoms with E-state index in [9.17, 15) is 4.79 Å². The van der Waals surface area contributed by atoms with Crippen molar-refractivity contribution in [3.05, 3.63) is 0 Å². The predicted molar refractivity (Wildman–Crippen MR) is 80.9 cm³/mol. The van der Waals surface area contributed by atoms with Crippen molar-refractivity contribution in [2.24, 2.45) is 11.3 Å². The fourth-order valence-electron chi connectivity index (χ4n) is 2.08. The molecule has 0 aromatic rings. The monoisotopic (exact) mass is 254 g/mol. The van der Waals surface area contributed by atoms with Crippen LogP contribution in [0.2, 0.25) is 0 Å². The first-order valence-electron chi connectivity index (χ1n) is 7.89. The summed E-state index contributed by atoms with van der Waals surface area (Å²) < 4.78 is 0. The Balaban J connectivity index is 3.46. The molecule has 0 rings (SSSR count). The summed E-state index contributed by atoms with van der Waals surface area (Å²) in [6.07, 6.45) is 10.0. The van der Waals surface area contributed by atoms with Crippen LogP contribution in [0.1, 0.15) is 92.4 Å². The Bertz CT molecular complexity index is 212. The molecule has 1 nitrogen and oxygen atoms in total. The fraction of sp³-hybridized carbons (Fsp3) is 0.941. The lowest BCUT2D eigenvalue weighted by Crippen LogP contribution is -2.17. The van der Waals surface area contributed by atoms with Crippen LogP contribution in [0.25, 0.3) is 0 Å². The highest BCUT2D eigenvalue weighted by molar-refractivity contribution is 5.78. The maximum Gasteiger partial charge on any atom is 0.132 e. The molecule has 1 heteroatoms. The Labute approximate surface area is 115 Å². The molecule has 0 N–H and O–H groups in total. The summed E-state index contributed by atoms with van der Waals surface area (Å²) in [5.74, 6) is 1.23. The molecule has 0 spiro atoms. The van der Waals surface area contributed by atoms with E-state index in [4.69, 9.17) is 0 Å². The van der Waals surface area contributed by atoms with Crippen LogP contribution in [-0.2, 0) is 4.79 Å². The van der Waals surface area contributed by atoms with Crippen LogP contribution in [0, 0.1) is 11.3 Å². The van der Waals surface area contributed by atoms with E-state index in [2.05, 4.69) is 34.6 Å². The number of carbonyl (C=O) groups is 1. The molecule has 1 atom stereocenters. The second kappa shape index (κ2) is 9.58. The van der Waals surface area contributed by atoms with E-state index >= 15 is 0 Å². The third kappa shape index (κ3) is 9.67. The third-order valence-electron chi connectivity index (χ3n) is 4.13. The summed E-state index contributed by atoms with van der Waals surface area (Å²) in [7, 11) is 0. The van der Waals surface area contributed by atoms with E-state index in [1.807, 2.05) is 0 Å². The van der Waals surface area contributed by atoms with E-state index in [0.717, 1.165) is 31.6 Å². The van der Waals surface area contributed by atoms with Gasteiger partial charge in [0, 0.05) is 12.8 Å². The average Bonchev–Trinajstić information content (AvgIpc) is 2.28. The molecule has 0 bridgehead atoms. The van der Waals surface area contributed by atoms with Crippen molar-refractivity contribution in [1.82, 2.24) is 0 Å². The van der Waals surface area contributed by atoms with Crippen LogP contribution >= 0.6 is 0 Å². The molecule has 0 saturated carbocycles. The largest absolute Gasteiger partial charge is 0.300 e. The zero-order chi connectivity index (χ0) is 14.0. The summed E-state index contributed by atoms with van der Waals surface area (Å²) in [6.45, 7) is 11.4. The average molecular weight is 254 g/mol. The van der Waals surface area contributed by atoms with Gasteiger partial charge in [0.2, 0.25) is 0 Å². The van der Waals surface area contributed by atoms with E-state index in [1.165, 1.54) is 32.1 Å². The van der Waals surface area contributed by atoms with E-state index in [1.54, 1.807) is 0 Å². The van der Waals surface area contributed by atoms with Crippen molar-refractivity contribution in [2.75, 3.05) is 0 Å². The zero-order valence-corrected chi connectivity index (χ0v) is 13.3. The van der Waals surface area contributed by atoms with Crippen molar-refractivity contribution < 1.29 is 4.79 Å². The fourth-order valence-corrected chi connectivity index (χ4v) is 2.08. The van der Waals surface area contributed by atoms with Crippen molar-refractivity contribution in [1.29, 1.82) is 0 Å². The number of carbonyl (C=O) groups excluding carboxylic acids is 1. The number of hydrogen-bond donors (Lipinski definition) is 0. The number of hydrogen-bond acceptors (Lipinski definition) is 1. The molecule has 0 heterocycles.